The molecule has 13 heavy (non-hydrogen) atoms. The average Bonchev–Trinajstić information content (AvgIpc) is 2.46. The molecule has 0 spiro atoms. The first-order valence-corrected chi connectivity index (χ1v) is 6.19. The van der Waals surface area contributed by atoms with Gasteiger partial charge in [0.15, 0.2) is 0 Å². The van der Waals surface area contributed by atoms with Crippen molar-refractivity contribution in [3.63, 3.8) is 0 Å². The third kappa shape index (κ3) is 2.72. The van der Waals surface area contributed by atoms with Crippen LogP contribution in [0.2, 0.25) is 0 Å². The molecule has 4 unspecified atom stereocenters. The molecule has 1 saturated carbocycles. The largest absolute Gasteiger partial charge is 0.0654 e. The van der Waals surface area contributed by atoms with Crippen LogP contribution in [0.25, 0.3) is 0 Å². The lowest BCUT2D eigenvalue weighted by molar-refractivity contribution is 0.284. The van der Waals surface area contributed by atoms with Crippen molar-refractivity contribution >= 4 is 0 Å². The summed E-state index contributed by atoms with van der Waals surface area (Å²) < 4.78 is 0. The third-order valence-corrected chi connectivity index (χ3v) is 4.11. The second-order valence-electron chi connectivity index (χ2n) is 5.15. The highest BCUT2D eigenvalue weighted by molar-refractivity contribution is 4.83. The minimum Gasteiger partial charge on any atom is -0.0654 e. The van der Waals surface area contributed by atoms with Gasteiger partial charge in [-0.3, -0.25) is 0 Å². The monoisotopic (exact) mass is 182 g/mol. The molecule has 4 atom stereocenters. The highest BCUT2D eigenvalue weighted by atomic mass is 14.4. The van der Waals surface area contributed by atoms with E-state index in [9.17, 15) is 0 Å². The molecular weight excluding hydrogens is 156 g/mol. The zero-order valence-corrected chi connectivity index (χ0v) is 9.84. The normalized spacial score (nSPS) is 36.5. The summed E-state index contributed by atoms with van der Waals surface area (Å²) in [7, 11) is 0. The molecule has 0 heteroatoms. The molecule has 0 bridgehead atoms. The van der Waals surface area contributed by atoms with Gasteiger partial charge in [-0.2, -0.15) is 0 Å². The Morgan fingerprint density at radius 3 is 2.46 bits per heavy atom. The van der Waals surface area contributed by atoms with Gasteiger partial charge in [-0.1, -0.05) is 47.0 Å². The predicted octanol–water partition coefficient (Wildman–Crippen LogP) is 4.49. The van der Waals surface area contributed by atoms with Crippen molar-refractivity contribution in [3.8, 4) is 0 Å². The molecule has 0 radical (unpaired) electrons. The average molecular weight is 182 g/mol. The van der Waals surface area contributed by atoms with E-state index < -0.39 is 0 Å². The quantitative estimate of drug-likeness (QED) is 0.600. The zero-order valence-electron chi connectivity index (χ0n) is 9.84. The van der Waals surface area contributed by atoms with Crippen LogP contribution in [-0.4, -0.2) is 0 Å². The van der Waals surface area contributed by atoms with E-state index in [1.807, 2.05) is 0 Å². The third-order valence-electron chi connectivity index (χ3n) is 4.11. The van der Waals surface area contributed by atoms with Crippen molar-refractivity contribution < 1.29 is 0 Å². The summed E-state index contributed by atoms with van der Waals surface area (Å²) >= 11 is 0. The fourth-order valence-electron chi connectivity index (χ4n) is 3.15. The summed E-state index contributed by atoms with van der Waals surface area (Å²) in [6.45, 7) is 9.56. The van der Waals surface area contributed by atoms with E-state index in [-0.39, 0.29) is 0 Å². The molecule has 0 saturated heterocycles. The summed E-state index contributed by atoms with van der Waals surface area (Å²) in [6.07, 6.45) is 7.24. The molecule has 1 rings (SSSR count). The maximum atomic E-state index is 2.46. The van der Waals surface area contributed by atoms with Crippen molar-refractivity contribution in [1.29, 1.82) is 0 Å². The van der Waals surface area contributed by atoms with Crippen molar-refractivity contribution in [2.24, 2.45) is 23.7 Å². The highest BCUT2D eigenvalue weighted by Gasteiger charge is 2.33. The van der Waals surface area contributed by atoms with Crippen molar-refractivity contribution in [2.75, 3.05) is 0 Å². The van der Waals surface area contributed by atoms with Crippen LogP contribution in [0.5, 0.6) is 0 Å². The van der Waals surface area contributed by atoms with Crippen LogP contribution in [0, 0.1) is 23.7 Å². The first-order chi connectivity index (χ1) is 6.19. The van der Waals surface area contributed by atoms with Gasteiger partial charge in [-0.25, -0.2) is 0 Å². The first kappa shape index (κ1) is 11.1. The Labute approximate surface area is 84.1 Å². The Morgan fingerprint density at radius 1 is 1.23 bits per heavy atom. The van der Waals surface area contributed by atoms with Crippen molar-refractivity contribution in [1.82, 2.24) is 0 Å². The van der Waals surface area contributed by atoms with E-state index in [0.29, 0.717) is 0 Å². The fourth-order valence-corrected chi connectivity index (χ4v) is 3.15. The van der Waals surface area contributed by atoms with Gasteiger partial charge >= 0.3 is 0 Å². The van der Waals surface area contributed by atoms with Crippen LogP contribution in [-0.2, 0) is 0 Å². The molecule has 0 N–H and O–H groups in total. The maximum Gasteiger partial charge on any atom is -0.0360 e. The van der Waals surface area contributed by atoms with Gasteiger partial charge in [0, 0.05) is 0 Å². The SMILES string of the molecule is CCCC1CC(C)C(C(C)CC)C1. The van der Waals surface area contributed by atoms with Crippen molar-refractivity contribution in [2.45, 2.75) is 59.8 Å². The standard InChI is InChI=1S/C13H26/c1-5-7-12-8-11(4)13(9-12)10(3)6-2/h10-13H,5-9H2,1-4H3. The van der Waals surface area contributed by atoms with Crippen molar-refractivity contribution in [3.05, 3.63) is 0 Å². The Balaban J connectivity index is 2.41. The van der Waals surface area contributed by atoms with Crippen LogP contribution in [0.1, 0.15) is 59.8 Å². The minimum absolute atomic E-state index is 0.955. The van der Waals surface area contributed by atoms with Gasteiger partial charge in [-0.05, 0) is 36.5 Å². The van der Waals surface area contributed by atoms with E-state index in [0.717, 1.165) is 23.7 Å². The molecule has 0 heterocycles. The maximum absolute atomic E-state index is 2.46. The molecular formula is C13H26. The van der Waals surface area contributed by atoms with Crippen LogP contribution in [0.15, 0.2) is 0 Å². The van der Waals surface area contributed by atoms with Gasteiger partial charge in [0.05, 0.1) is 0 Å². The van der Waals surface area contributed by atoms with Gasteiger partial charge in [0.25, 0.3) is 0 Å². The summed E-state index contributed by atoms with van der Waals surface area (Å²) in [5.74, 6) is 4.03. The second kappa shape index (κ2) is 5.02. The zero-order chi connectivity index (χ0) is 9.84. The summed E-state index contributed by atoms with van der Waals surface area (Å²) in [4.78, 5) is 0. The fraction of sp³-hybridized carbons (Fsp3) is 1.00. The number of rotatable bonds is 4. The lowest BCUT2D eigenvalue weighted by Gasteiger charge is -2.21. The molecule has 1 aliphatic carbocycles. The lowest BCUT2D eigenvalue weighted by atomic mass is 9.84. The Morgan fingerprint density at radius 2 is 1.92 bits per heavy atom. The van der Waals surface area contributed by atoms with E-state index in [4.69, 9.17) is 0 Å². The highest BCUT2D eigenvalue weighted by Crippen LogP contribution is 2.43. The molecule has 0 aromatic carbocycles. The minimum atomic E-state index is 0.955. The Kier molecular flexibility index (Phi) is 4.28. The molecule has 0 amide bonds. The number of hydrogen-bond acceptors (Lipinski definition) is 0. The van der Waals surface area contributed by atoms with Gasteiger partial charge < -0.3 is 0 Å². The van der Waals surface area contributed by atoms with Crippen LogP contribution in [0.4, 0.5) is 0 Å². The second-order valence-corrected chi connectivity index (χ2v) is 5.15. The molecule has 0 nitrogen and oxygen atoms in total. The van der Waals surface area contributed by atoms with E-state index in [2.05, 4.69) is 27.7 Å². The molecule has 1 fully saturated rings. The number of hydrogen-bond donors (Lipinski definition) is 0. The topological polar surface area (TPSA) is 0 Å². The molecule has 0 aromatic rings. The predicted molar refractivity (Wildman–Crippen MR) is 59.7 cm³/mol. The van der Waals surface area contributed by atoms with E-state index in [1.54, 1.807) is 0 Å². The van der Waals surface area contributed by atoms with Gasteiger partial charge in [-0.15, -0.1) is 0 Å². The summed E-state index contributed by atoms with van der Waals surface area (Å²) in [5.41, 5.74) is 0. The van der Waals surface area contributed by atoms with Crippen LogP contribution >= 0.6 is 0 Å². The Bertz CT molecular complexity index is 139. The molecule has 0 aliphatic heterocycles. The first-order valence-electron chi connectivity index (χ1n) is 6.19. The summed E-state index contributed by atoms with van der Waals surface area (Å²) in [6, 6.07) is 0. The molecule has 78 valence electrons. The molecule has 1 aliphatic rings. The Hall–Kier alpha value is 0. The van der Waals surface area contributed by atoms with Gasteiger partial charge in [0.1, 0.15) is 0 Å². The van der Waals surface area contributed by atoms with E-state index >= 15 is 0 Å². The van der Waals surface area contributed by atoms with Gasteiger partial charge in [0.2, 0.25) is 0 Å². The summed E-state index contributed by atoms with van der Waals surface area (Å²) in [5, 5.41) is 0. The van der Waals surface area contributed by atoms with Crippen LogP contribution in [0.3, 0.4) is 0 Å². The van der Waals surface area contributed by atoms with Crippen LogP contribution < -0.4 is 0 Å². The van der Waals surface area contributed by atoms with E-state index in [1.165, 1.54) is 32.1 Å². The lowest BCUT2D eigenvalue weighted by Crippen LogP contribution is -2.13. The molecule has 0 aromatic heterocycles. The smallest absolute Gasteiger partial charge is 0.0360 e.